The summed E-state index contributed by atoms with van der Waals surface area (Å²) in [5, 5.41) is 29.0. The van der Waals surface area contributed by atoms with E-state index in [1.54, 1.807) is 0 Å². The maximum absolute atomic E-state index is 10.2. The van der Waals surface area contributed by atoms with E-state index in [0.717, 1.165) is 0 Å². The molecule has 0 aromatic heterocycles. The van der Waals surface area contributed by atoms with Gasteiger partial charge >= 0.3 is 5.97 Å². The van der Waals surface area contributed by atoms with Crippen LogP contribution in [0.4, 0.5) is 0 Å². The summed E-state index contributed by atoms with van der Waals surface area (Å²) in [6.07, 6.45) is 0. The van der Waals surface area contributed by atoms with E-state index in [9.17, 15) is 10.0 Å². The molecule has 0 amide bonds. The van der Waals surface area contributed by atoms with Crippen molar-refractivity contribution in [1.29, 1.82) is 0 Å². The Labute approximate surface area is 56.3 Å². The highest BCUT2D eigenvalue weighted by molar-refractivity contribution is 5.68. The molecule has 0 aromatic carbocycles. The Morgan fingerprint density at radius 1 is 1.90 bits per heavy atom. The van der Waals surface area contributed by atoms with Crippen LogP contribution in [-0.2, 0) is 4.79 Å². The van der Waals surface area contributed by atoms with E-state index < -0.39 is 12.5 Å². The van der Waals surface area contributed by atoms with E-state index in [1.165, 1.54) is 7.05 Å². The zero-order valence-corrected chi connectivity index (χ0v) is 5.26. The highest BCUT2D eigenvalue weighted by atomic mass is 16.6. The summed E-state index contributed by atoms with van der Waals surface area (Å²) in [6.45, 7) is -0.506. The number of likely N-dealkylation sites (N-methyl/N-ethyl adjacent to an activating group) is 1. The fourth-order valence-corrected chi connectivity index (χ4v) is 0.325. The van der Waals surface area contributed by atoms with Gasteiger partial charge in [-0.2, -0.15) is 0 Å². The van der Waals surface area contributed by atoms with Crippen molar-refractivity contribution in [3.05, 3.63) is 5.21 Å². The van der Waals surface area contributed by atoms with Gasteiger partial charge in [-0.3, -0.25) is 4.79 Å². The molecule has 7 heteroatoms. The third kappa shape index (κ3) is 2.70. The Morgan fingerprint density at radius 3 is 2.70 bits per heavy atom. The average Bonchev–Trinajstić information content (AvgIpc) is 1.85. The molecule has 0 bridgehead atoms. The minimum Gasteiger partial charge on any atom is -0.569 e. The van der Waals surface area contributed by atoms with Crippen molar-refractivity contribution >= 4 is 5.97 Å². The number of hydrogen-bond donors (Lipinski definition) is 2. The highest BCUT2D eigenvalue weighted by Gasteiger charge is 2.09. The second-order valence-corrected chi connectivity index (χ2v) is 1.55. The van der Waals surface area contributed by atoms with Crippen LogP contribution in [0.1, 0.15) is 0 Å². The molecule has 0 radical (unpaired) electrons. The quantitative estimate of drug-likeness (QED) is 0.313. The minimum absolute atomic E-state index is 0.228. The zero-order chi connectivity index (χ0) is 8.15. The molecule has 10 heavy (non-hydrogen) atoms. The molecule has 2 N–H and O–H groups in total. The molecule has 0 saturated heterocycles. The first-order valence-electron chi connectivity index (χ1n) is 2.33. The number of hydrogen-bond acceptors (Lipinski definition) is 3. The molecule has 0 aliphatic rings. The van der Waals surface area contributed by atoms with E-state index in [0.29, 0.717) is 5.01 Å². The number of carbonyl (C=O) groups is 1. The summed E-state index contributed by atoms with van der Waals surface area (Å²) in [4.78, 5) is 9.67. The van der Waals surface area contributed by atoms with Crippen LogP contribution in [0.5, 0.6) is 0 Å². The summed E-state index contributed by atoms with van der Waals surface area (Å²) in [5.41, 5.74) is 0. The molecule has 0 aromatic rings. The third-order valence-electron chi connectivity index (χ3n) is 0.733. The lowest BCUT2D eigenvalue weighted by molar-refractivity contribution is -0.701. The third-order valence-corrected chi connectivity index (χ3v) is 0.733. The highest BCUT2D eigenvalue weighted by Crippen LogP contribution is 1.82. The Morgan fingerprint density at radius 2 is 2.40 bits per heavy atom. The van der Waals surface area contributed by atoms with Gasteiger partial charge in [0.2, 0.25) is 5.28 Å². The fraction of sp³-hybridized carbons (Fsp3) is 0.667. The van der Waals surface area contributed by atoms with Gasteiger partial charge in [0.15, 0.2) is 6.54 Å². The number of aliphatic carboxylic acids is 1. The van der Waals surface area contributed by atoms with Crippen LogP contribution >= 0.6 is 0 Å². The Kier molecular flexibility index (Phi) is 2.95. The van der Waals surface area contributed by atoms with Crippen molar-refractivity contribution in [2.75, 3.05) is 13.6 Å². The summed E-state index contributed by atoms with van der Waals surface area (Å²) in [7, 11) is 1.18. The minimum atomic E-state index is -1.17. The average molecular weight is 149 g/mol. The van der Waals surface area contributed by atoms with Crippen LogP contribution in [0.2, 0.25) is 0 Å². The molecule has 0 atom stereocenters. The van der Waals surface area contributed by atoms with Crippen LogP contribution in [-0.4, -0.2) is 39.9 Å². The molecule has 0 fully saturated rings. The lowest BCUT2D eigenvalue weighted by Crippen LogP contribution is -2.31. The second-order valence-electron chi connectivity index (χ2n) is 1.55. The van der Waals surface area contributed by atoms with E-state index in [2.05, 4.69) is 5.28 Å². The van der Waals surface area contributed by atoms with Gasteiger partial charge in [-0.15, -0.1) is 5.01 Å². The van der Waals surface area contributed by atoms with Crippen molar-refractivity contribution in [1.82, 2.24) is 5.01 Å². The maximum atomic E-state index is 10.2. The fourth-order valence-electron chi connectivity index (χ4n) is 0.325. The molecule has 0 spiro atoms. The molecular formula is C3H7N3O4. The van der Waals surface area contributed by atoms with Crippen molar-refractivity contribution < 1.29 is 20.1 Å². The molecule has 7 nitrogen and oxygen atoms in total. The van der Waals surface area contributed by atoms with Crippen LogP contribution < -0.4 is 0 Å². The lowest BCUT2D eigenvalue weighted by Gasteiger charge is -2.07. The van der Waals surface area contributed by atoms with Gasteiger partial charge in [0, 0.05) is 0 Å². The SMILES string of the molecule is CN(CC(=O)O)/[N+]([O-])=N\O. The maximum Gasteiger partial charge on any atom is 0.329 e. The number of nitrogens with zero attached hydrogens (tertiary/aromatic N) is 3. The van der Waals surface area contributed by atoms with Crippen molar-refractivity contribution in [3.8, 4) is 0 Å². The van der Waals surface area contributed by atoms with Gasteiger partial charge in [0.25, 0.3) is 0 Å². The lowest BCUT2D eigenvalue weighted by atomic mass is 10.7. The first-order chi connectivity index (χ1) is 4.57. The summed E-state index contributed by atoms with van der Waals surface area (Å²) >= 11 is 0. The van der Waals surface area contributed by atoms with Gasteiger partial charge in [0.1, 0.15) is 0 Å². The standard InChI is InChI=1S/C3H7N3O4/c1-5(2-3(7)8)6(10)4-9/h9H,2H2,1H3,(H,7,8)/b6-4+. The Hall–Kier alpha value is -1.53. The van der Waals surface area contributed by atoms with Gasteiger partial charge in [-0.1, -0.05) is 0 Å². The van der Waals surface area contributed by atoms with Gasteiger partial charge < -0.3 is 15.5 Å². The van der Waals surface area contributed by atoms with Gasteiger partial charge in [-0.25, -0.2) is 0 Å². The van der Waals surface area contributed by atoms with E-state index in [1.807, 2.05) is 0 Å². The van der Waals surface area contributed by atoms with E-state index in [4.69, 9.17) is 10.3 Å². The van der Waals surface area contributed by atoms with Crippen LogP contribution in [0.3, 0.4) is 0 Å². The Bertz CT molecular complexity index is 156. The largest absolute Gasteiger partial charge is 0.569 e. The molecule has 0 aliphatic carbocycles. The molecule has 0 unspecified atom stereocenters. The monoisotopic (exact) mass is 149 g/mol. The predicted molar refractivity (Wildman–Crippen MR) is 28.1 cm³/mol. The summed E-state index contributed by atoms with van der Waals surface area (Å²) in [6, 6.07) is 0. The molecular weight excluding hydrogens is 142 g/mol. The van der Waals surface area contributed by atoms with Crippen molar-refractivity contribution in [2.45, 2.75) is 0 Å². The first-order valence-corrected chi connectivity index (χ1v) is 2.33. The first kappa shape index (κ1) is 8.47. The van der Waals surface area contributed by atoms with E-state index >= 15 is 0 Å². The zero-order valence-electron chi connectivity index (χ0n) is 5.26. The van der Waals surface area contributed by atoms with Crippen LogP contribution in [0.15, 0.2) is 5.28 Å². The van der Waals surface area contributed by atoms with Gasteiger partial charge in [-0.05, 0) is 0 Å². The summed E-state index contributed by atoms with van der Waals surface area (Å²) in [5.74, 6) is -1.17. The van der Waals surface area contributed by atoms with E-state index in [-0.39, 0.29) is 4.97 Å². The number of hydrazine groups is 1. The smallest absolute Gasteiger partial charge is 0.329 e. The predicted octanol–water partition coefficient (Wildman–Crippen LogP) is -0.730. The van der Waals surface area contributed by atoms with Crippen molar-refractivity contribution in [3.63, 3.8) is 0 Å². The molecule has 0 saturated carbocycles. The number of rotatable bonds is 3. The van der Waals surface area contributed by atoms with Gasteiger partial charge in [0.05, 0.1) is 12.0 Å². The molecule has 0 aliphatic heterocycles. The topological polar surface area (TPSA) is 99.2 Å². The molecule has 0 rings (SSSR count). The molecule has 0 heterocycles. The Balaban J connectivity index is 3.85. The number of carboxylic acid groups (broad SMARTS) is 1. The van der Waals surface area contributed by atoms with Crippen LogP contribution in [0, 0.1) is 5.21 Å². The van der Waals surface area contributed by atoms with Crippen LogP contribution in [0.25, 0.3) is 0 Å². The van der Waals surface area contributed by atoms with Crippen molar-refractivity contribution in [2.24, 2.45) is 5.28 Å². The second kappa shape index (κ2) is 3.49. The molecule has 58 valence electrons. The number of carboxylic acids is 1. The normalized spacial score (nSPS) is 11.1. The summed E-state index contributed by atoms with van der Waals surface area (Å²) < 4.78 is 0.